The second-order valence-electron chi connectivity index (χ2n) is 6.25. The van der Waals surface area contributed by atoms with Crippen molar-refractivity contribution in [3.8, 4) is 0 Å². The zero-order chi connectivity index (χ0) is 18.8. The number of unbranched alkanes of at least 4 members (excludes halogenated alkanes) is 1. The lowest BCUT2D eigenvalue weighted by molar-refractivity contribution is -0.288. The Bertz CT molecular complexity index is 729. The number of rotatable bonds is 9. The van der Waals surface area contributed by atoms with Crippen molar-refractivity contribution < 1.29 is 16.4 Å². The molecule has 0 saturated carbocycles. The molecule has 3 nitrogen and oxygen atoms in total. The molecule has 2 rings (SSSR count). The zero-order valence-corrected chi connectivity index (χ0v) is 16.9. The first-order valence-electron chi connectivity index (χ1n) is 8.69. The summed E-state index contributed by atoms with van der Waals surface area (Å²) >= 11 is 6.80. The van der Waals surface area contributed by atoms with Gasteiger partial charge in [-0.2, -0.15) is 0 Å². The summed E-state index contributed by atoms with van der Waals surface area (Å²) in [6, 6.07) is 16.0. The van der Waals surface area contributed by atoms with Gasteiger partial charge in [0.1, 0.15) is 0 Å². The van der Waals surface area contributed by atoms with Gasteiger partial charge in [0.15, 0.2) is 11.6 Å². The molecule has 0 aliphatic carbocycles. The molecule has 0 aromatic heterocycles. The summed E-state index contributed by atoms with van der Waals surface area (Å²) in [5.41, 5.74) is 1.03. The molecule has 0 radical (unpaired) electrons. The van der Waals surface area contributed by atoms with Crippen molar-refractivity contribution in [1.82, 2.24) is 10.2 Å². The molecule has 0 atom stereocenters. The van der Waals surface area contributed by atoms with Crippen LogP contribution in [0.2, 0.25) is 5.02 Å². The number of hydrogen-bond donors (Lipinski definition) is 1. The highest BCUT2D eigenvalue weighted by molar-refractivity contribution is 7.99. The molecule has 1 amide bonds. The topological polar surface area (TPSA) is 32.3 Å². The number of amides is 1. The van der Waals surface area contributed by atoms with Crippen LogP contribution in [0, 0.1) is 11.6 Å². The first kappa shape index (κ1) is 20.6. The van der Waals surface area contributed by atoms with Crippen molar-refractivity contribution in [3.63, 3.8) is 0 Å². The van der Waals surface area contributed by atoms with Crippen molar-refractivity contribution >= 4 is 23.7 Å². The van der Waals surface area contributed by atoms with Crippen molar-refractivity contribution in [2.24, 2.45) is 0 Å². The van der Waals surface area contributed by atoms with Gasteiger partial charge in [-0.3, -0.25) is 4.79 Å². The third-order valence-corrected chi connectivity index (χ3v) is 5.09. The van der Waals surface area contributed by atoms with Gasteiger partial charge >= 0.3 is 0 Å². The van der Waals surface area contributed by atoms with Gasteiger partial charge in [0.05, 0.1) is 0 Å². The largest absolute Gasteiger partial charge is 0.353 e. The highest BCUT2D eigenvalue weighted by Gasteiger charge is 2.04. The summed E-state index contributed by atoms with van der Waals surface area (Å²) in [7, 11) is 4.12. The Morgan fingerprint density at radius 1 is 1.12 bits per heavy atom. The van der Waals surface area contributed by atoms with Crippen LogP contribution in [0.5, 0.6) is 0 Å². The van der Waals surface area contributed by atoms with Crippen LogP contribution in [-0.4, -0.2) is 38.0 Å². The molecule has 5 heteroatoms. The second kappa shape index (κ2) is 11.1. The smallest absolute Gasteiger partial charge is 0.243 e. The number of benzene rings is 2. The van der Waals surface area contributed by atoms with E-state index in [2.05, 4.69) is 30.4 Å². The Morgan fingerprint density at radius 2 is 1.85 bits per heavy atom. The fourth-order valence-electron chi connectivity index (χ4n) is 2.33. The van der Waals surface area contributed by atoms with E-state index in [9.17, 15) is 4.79 Å². The molecule has 0 fully saturated rings. The van der Waals surface area contributed by atoms with Gasteiger partial charge in [0, 0.05) is 34.5 Å². The number of carbonyl (C=O) groups is 1. The van der Waals surface area contributed by atoms with Crippen LogP contribution < -0.4 is 5.32 Å². The lowest BCUT2D eigenvalue weighted by Crippen LogP contribution is -2.23. The molecule has 0 heterocycles. The summed E-state index contributed by atoms with van der Waals surface area (Å²) in [6.07, 6.45) is 5.55. The number of carbonyl (C=O) groups excluding carboxylic acids is 1. The third kappa shape index (κ3) is 7.65. The zero-order valence-electron chi connectivity index (χ0n) is 15.3. The second-order valence-corrected chi connectivity index (χ2v) is 7.83. The Kier molecular flexibility index (Phi) is 8.75. The molecule has 26 heavy (non-hydrogen) atoms. The van der Waals surface area contributed by atoms with E-state index in [0.29, 0.717) is 6.54 Å². The van der Waals surface area contributed by atoms with Crippen LogP contribution in [0.15, 0.2) is 64.4 Å². The van der Waals surface area contributed by atoms with E-state index in [4.69, 9.17) is 11.6 Å². The summed E-state index contributed by atoms with van der Waals surface area (Å²) in [4.78, 5) is 16.4. The number of halogens is 1. The van der Waals surface area contributed by atoms with E-state index in [1.54, 1.807) is 17.8 Å². The van der Waals surface area contributed by atoms with E-state index in [-0.39, 0.29) is 5.91 Å². The molecule has 0 unspecified atom stereocenters. The molecular formula is C21H26ClN2OS+. The Hall–Kier alpha value is -1.75. The van der Waals surface area contributed by atoms with E-state index in [0.717, 1.165) is 39.8 Å². The predicted molar refractivity (Wildman–Crippen MR) is 107 cm³/mol. The van der Waals surface area contributed by atoms with Crippen LogP contribution in [-0.2, 0) is 4.79 Å². The minimum Gasteiger partial charge on any atom is -0.353 e. The number of nitrogens with zero attached hydrogens (tertiary/aromatic N) is 1. The van der Waals surface area contributed by atoms with Crippen LogP contribution in [0.4, 0.5) is 0 Å². The van der Waals surface area contributed by atoms with Gasteiger partial charge in [-0.15, -0.1) is 0 Å². The number of nitrogens with one attached hydrogen (secondary N) is 1. The molecule has 0 aliphatic heterocycles. The monoisotopic (exact) mass is 389 g/mol. The van der Waals surface area contributed by atoms with Gasteiger partial charge < -0.3 is 10.2 Å². The molecule has 0 bridgehead atoms. The fourth-order valence-corrected chi connectivity index (χ4v) is 3.40. The molecule has 0 saturated heterocycles. The van der Waals surface area contributed by atoms with Crippen molar-refractivity contribution in [2.45, 2.75) is 22.6 Å². The highest BCUT2D eigenvalue weighted by Crippen LogP contribution is 2.31. The Labute approximate surface area is 165 Å². The lowest BCUT2D eigenvalue weighted by atomic mass is 10.2. The van der Waals surface area contributed by atoms with E-state index >= 15 is 0 Å². The minimum atomic E-state index is -0.0508. The molecule has 0 aliphatic rings. The molecule has 2 aromatic rings. The van der Waals surface area contributed by atoms with Crippen LogP contribution in [0.25, 0.3) is 6.08 Å². The average Bonchev–Trinajstić information content (AvgIpc) is 2.62. The third-order valence-electron chi connectivity index (χ3n) is 3.72. The van der Waals surface area contributed by atoms with E-state index in [1.165, 1.54) is 0 Å². The maximum absolute atomic E-state index is 12.0. The van der Waals surface area contributed by atoms with Crippen molar-refractivity contribution in [1.29, 1.82) is 0 Å². The summed E-state index contributed by atoms with van der Waals surface area (Å²) in [5, 5.41) is 3.78. The fraction of sp³-hybridized carbons (Fsp3) is 0.286. The normalized spacial score (nSPS) is 11.2. The van der Waals surface area contributed by atoms with Crippen LogP contribution in [0.3, 0.4) is 0 Å². The Balaban J connectivity index is 1.89. The molecular weight excluding hydrogens is 364 g/mol. The van der Waals surface area contributed by atoms with Crippen LogP contribution in [0.1, 0.15) is 18.4 Å². The standard InChI is InChI=1S/C21H25ClN2OS/c1-24(2)16-6-5-15-23-21(25)14-9-17-7-3-4-8-20(17)26-19-12-10-18(22)11-13-19/h3-4,7-14,22H,5-6,15-16H2,1-2H3/p+1/b14-9-. The van der Waals surface area contributed by atoms with Crippen molar-refractivity contribution in [2.75, 3.05) is 27.2 Å². The minimum absolute atomic E-state index is 0.0508. The Morgan fingerprint density at radius 3 is 2.58 bits per heavy atom. The van der Waals surface area contributed by atoms with E-state index < -0.39 is 0 Å². The first-order chi connectivity index (χ1) is 12.5. The van der Waals surface area contributed by atoms with E-state index in [1.807, 2.05) is 48.5 Å². The summed E-state index contributed by atoms with van der Waals surface area (Å²) in [6.45, 7) is 1.75. The van der Waals surface area contributed by atoms with Crippen LogP contribution >= 0.6 is 11.8 Å². The summed E-state index contributed by atoms with van der Waals surface area (Å²) < 4.78 is 0. The van der Waals surface area contributed by atoms with Gasteiger partial charge in [-0.05, 0) is 63.3 Å². The lowest BCUT2D eigenvalue weighted by Gasteiger charge is -2.08. The van der Waals surface area contributed by atoms with Gasteiger partial charge in [-0.25, -0.2) is 0 Å². The van der Waals surface area contributed by atoms with Crippen molar-refractivity contribution in [3.05, 3.63) is 65.2 Å². The van der Waals surface area contributed by atoms with Gasteiger partial charge in [0.25, 0.3) is 0 Å². The number of hydrogen-bond acceptors (Lipinski definition) is 3. The average molecular weight is 390 g/mol. The molecule has 0 spiro atoms. The molecule has 138 valence electrons. The van der Waals surface area contributed by atoms with Gasteiger partial charge in [0.2, 0.25) is 10.9 Å². The quantitative estimate of drug-likeness (QED) is 0.519. The predicted octanol–water partition coefficient (Wildman–Crippen LogP) is 4.01. The highest BCUT2D eigenvalue weighted by atomic mass is 35.5. The summed E-state index contributed by atoms with van der Waals surface area (Å²) in [5.74, 6) is -0.0508. The molecule has 2 aromatic carbocycles. The SMILES string of the molecule is CN(C)CCCCNC(=O)/C=C\c1ccccc1Sc1ccc([ClH+])cc1. The van der Waals surface area contributed by atoms with Gasteiger partial charge in [-0.1, -0.05) is 30.0 Å². The maximum Gasteiger partial charge on any atom is 0.243 e. The first-order valence-corrected chi connectivity index (χ1v) is 9.91. The molecule has 1 N–H and O–H groups in total. The maximum atomic E-state index is 12.0.